The maximum Gasteiger partial charge on any atom is 0.307 e. The van der Waals surface area contributed by atoms with Gasteiger partial charge in [0.25, 0.3) is 0 Å². The summed E-state index contributed by atoms with van der Waals surface area (Å²) in [5, 5.41) is 0. The molecule has 0 bridgehead atoms. The first-order valence-electron chi connectivity index (χ1n) is 5.59. The van der Waals surface area contributed by atoms with Crippen LogP contribution in [0.5, 0.6) is 0 Å². The van der Waals surface area contributed by atoms with E-state index in [-0.39, 0.29) is 12.2 Å². The number of esters is 1. The molecular weight excluding hydrogens is 178 g/mol. The molecule has 0 aromatic heterocycles. The summed E-state index contributed by atoms with van der Waals surface area (Å²) < 4.78 is 5.28. The monoisotopic (exact) mass is 201 g/mol. The van der Waals surface area contributed by atoms with E-state index in [2.05, 4.69) is 25.7 Å². The predicted molar refractivity (Wildman–Crippen MR) is 58.0 cm³/mol. The summed E-state index contributed by atoms with van der Waals surface area (Å²) in [5.41, 5.74) is 0. The minimum absolute atomic E-state index is 0.0775. The molecule has 0 rings (SSSR count). The average Bonchev–Trinajstić information content (AvgIpc) is 2.16. The fourth-order valence-electron chi connectivity index (χ4n) is 1.38. The molecule has 14 heavy (non-hydrogen) atoms. The number of ether oxygens (including phenoxy) is 1. The zero-order chi connectivity index (χ0) is 11.0. The number of carbonyl (C=O) groups excluding carboxylic acids is 1. The average molecular weight is 201 g/mol. The van der Waals surface area contributed by atoms with Crippen molar-refractivity contribution in [2.24, 2.45) is 0 Å². The van der Waals surface area contributed by atoms with Gasteiger partial charge >= 0.3 is 5.97 Å². The first kappa shape index (κ1) is 13.4. The number of unbranched alkanes of at least 4 members (excludes halogenated alkanes) is 1. The van der Waals surface area contributed by atoms with E-state index < -0.39 is 0 Å². The van der Waals surface area contributed by atoms with Gasteiger partial charge in [0.15, 0.2) is 6.23 Å². The number of hydrogen-bond donors (Lipinski definition) is 0. The second kappa shape index (κ2) is 7.80. The molecule has 0 N–H and O–H groups in total. The number of hydrogen-bond acceptors (Lipinski definition) is 3. The van der Waals surface area contributed by atoms with Gasteiger partial charge in [-0.05, 0) is 26.4 Å². The summed E-state index contributed by atoms with van der Waals surface area (Å²) >= 11 is 0. The van der Waals surface area contributed by atoms with Gasteiger partial charge in [-0.2, -0.15) is 0 Å². The second-order valence-corrected chi connectivity index (χ2v) is 3.41. The third-order valence-electron chi connectivity index (χ3n) is 2.36. The molecule has 0 fully saturated rings. The smallest absolute Gasteiger partial charge is 0.307 e. The Morgan fingerprint density at radius 1 is 1.29 bits per heavy atom. The molecule has 1 atom stereocenters. The summed E-state index contributed by atoms with van der Waals surface area (Å²) in [6.45, 7) is 9.97. The minimum atomic E-state index is -0.0886. The van der Waals surface area contributed by atoms with Crippen LogP contribution in [0, 0.1) is 0 Å². The Hall–Kier alpha value is -0.570. The first-order valence-corrected chi connectivity index (χ1v) is 5.59. The Kier molecular flexibility index (Phi) is 7.48. The standard InChI is InChI=1S/C11H23NO2/c1-5-8-9-11(13)14-10(4)12(6-2)7-3/h10H,5-9H2,1-4H3. The largest absolute Gasteiger partial charge is 0.447 e. The van der Waals surface area contributed by atoms with Gasteiger partial charge in [0.05, 0.1) is 0 Å². The van der Waals surface area contributed by atoms with E-state index in [1.165, 1.54) is 0 Å². The van der Waals surface area contributed by atoms with Crippen LogP contribution < -0.4 is 0 Å². The highest BCUT2D eigenvalue weighted by Crippen LogP contribution is 2.04. The van der Waals surface area contributed by atoms with E-state index in [1.807, 2.05) is 6.92 Å². The Morgan fingerprint density at radius 2 is 1.86 bits per heavy atom. The highest BCUT2D eigenvalue weighted by Gasteiger charge is 2.13. The Bertz CT molecular complexity index is 155. The van der Waals surface area contributed by atoms with Crippen LogP contribution in [0.25, 0.3) is 0 Å². The van der Waals surface area contributed by atoms with Crippen molar-refractivity contribution in [3.8, 4) is 0 Å². The van der Waals surface area contributed by atoms with Crippen LogP contribution in [0.4, 0.5) is 0 Å². The van der Waals surface area contributed by atoms with Crippen molar-refractivity contribution in [3.63, 3.8) is 0 Å². The predicted octanol–water partition coefficient (Wildman–Crippen LogP) is 2.41. The SMILES string of the molecule is CCCCC(=O)OC(C)N(CC)CC. The Morgan fingerprint density at radius 3 is 2.29 bits per heavy atom. The fourth-order valence-corrected chi connectivity index (χ4v) is 1.38. The van der Waals surface area contributed by atoms with Crippen molar-refractivity contribution in [2.75, 3.05) is 13.1 Å². The van der Waals surface area contributed by atoms with Crippen molar-refractivity contribution in [1.82, 2.24) is 4.90 Å². The van der Waals surface area contributed by atoms with Crippen LogP contribution in [0.15, 0.2) is 0 Å². The molecule has 0 amide bonds. The summed E-state index contributed by atoms with van der Waals surface area (Å²) in [4.78, 5) is 13.4. The number of nitrogens with zero attached hydrogens (tertiary/aromatic N) is 1. The molecule has 0 aliphatic carbocycles. The highest BCUT2D eigenvalue weighted by molar-refractivity contribution is 5.69. The number of rotatable bonds is 7. The molecule has 0 heterocycles. The molecule has 3 heteroatoms. The molecule has 1 unspecified atom stereocenters. The summed E-state index contributed by atoms with van der Waals surface area (Å²) in [6, 6.07) is 0. The lowest BCUT2D eigenvalue weighted by molar-refractivity contribution is -0.157. The van der Waals surface area contributed by atoms with Gasteiger partial charge in [0, 0.05) is 6.42 Å². The fraction of sp³-hybridized carbons (Fsp3) is 0.909. The number of carbonyl (C=O) groups is 1. The molecule has 84 valence electrons. The molecule has 0 aromatic rings. The van der Waals surface area contributed by atoms with Gasteiger partial charge in [-0.3, -0.25) is 9.69 Å². The van der Waals surface area contributed by atoms with Gasteiger partial charge in [-0.25, -0.2) is 0 Å². The van der Waals surface area contributed by atoms with E-state index in [0.717, 1.165) is 25.9 Å². The van der Waals surface area contributed by atoms with Crippen LogP contribution in [0.3, 0.4) is 0 Å². The quantitative estimate of drug-likeness (QED) is 0.468. The normalized spacial score (nSPS) is 12.9. The van der Waals surface area contributed by atoms with Crippen LogP contribution >= 0.6 is 0 Å². The topological polar surface area (TPSA) is 29.5 Å². The highest BCUT2D eigenvalue weighted by atomic mass is 16.6. The molecular formula is C11H23NO2. The molecule has 0 saturated carbocycles. The molecule has 0 saturated heterocycles. The molecule has 0 spiro atoms. The Balaban J connectivity index is 3.79. The van der Waals surface area contributed by atoms with Crippen LogP contribution in [-0.2, 0) is 9.53 Å². The zero-order valence-electron chi connectivity index (χ0n) is 9.88. The maximum atomic E-state index is 11.3. The second-order valence-electron chi connectivity index (χ2n) is 3.41. The van der Waals surface area contributed by atoms with Crippen molar-refractivity contribution in [3.05, 3.63) is 0 Å². The van der Waals surface area contributed by atoms with Gasteiger partial charge in [-0.15, -0.1) is 0 Å². The van der Waals surface area contributed by atoms with Crippen molar-refractivity contribution >= 4 is 5.97 Å². The molecule has 3 nitrogen and oxygen atoms in total. The summed E-state index contributed by atoms with van der Waals surface area (Å²) in [7, 11) is 0. The maximum absolute atomic E-state index is 11.3. The molecule has 0 aromatic carbocycles. The molecule has 0 aliphatic rings. The molecule has 0 aliphatic heterocycles. The minimum Gasteiger partial charge on any atom is -0.447 e. The lowest BCUT2D eigenvalue weighted by Crippen LogP contribution is -2.36. The van der Waals surface area contributed by atoms with E-state index in [0.29, 0.717) is 6.42 Å². The Labute approximate surface area is 87.4 Å². The van der Waals surface area contributed by atoms with Gasteiger partial charge < -0.3 is 4.74 Å². The van der Waals surface area contributed by atoms with Crippen LogP contribution in [0.1, 0.15) is 47.0 Å². The third kappa shape index (κ3) is 5.22. The first-order chi connectivity index (χ1) is 6.65. The van der Waals surface area contributed by atoms with Crippen molar-refractivity contribution in [2.45, 2.75) is 53.2 Å². The summed E-state index contributed by atoms with van der Waals surface area (Å²) in [6.07, 6.45) is 2.41. The van der Waals surface area contributed by atoms with E-state index in [1.54, 1.807) is 0 Å². The van der Waals surface area contributed by atoms with E-state index in [4.69, 9.17) is 4.74 Å². The van der Waals surface area contributed by atoms with E-state index >= 15 is 0 Å². The van der Waals surface area contributed by atoms with Crippen LogP contribution in [-0.4, -0.2) is 30.2 Å². The third-order valence-corrected chi connectivity index (χ3v) is 2.36. The van der Waals surface area contributed by atoms with Crippen LogP contribution in [0.2, 0.25) is 0 Å². The van der Waals surface area contributed by atoms with Gasteiger partial charge in [0.2, 0.25) is 0 Å². The molecule has 0 radical (unpaired) electrons. The summed E-state index contributed by atoms with van der Waals surface area (Å²) in [5.74, 6) is -0.0775. The van der Waals surface area contributed by atoms with Crippen molar-refractivity contribution in [1.29, 1.82) is 0 Å². The van der Waals surface area contributed by atoms with Gasteiger partial charge in [0.1, 0.15) is 0 Å². The lowest BCUT2D eigenvalue weighted by atomic mass is 10.2. The lowest BCUT2D eigenvalue weighted by Gasteiger charge is -2.25. The van der Waals surface area contributed by atoms with Gasteiger partial charge in [-0.1, -0.05) is 27.2 Å². The van der Waals surface area contributed by atoms with E-state index in [9.17, 15) is 4.79 Å². The zero-order valence-corrected chi connectivity index (χ0v) is 9.88. The van der Waals surface area contributed by atoms with Crippen molar-refractivity contribution < 1.29 is 9.53 Å².